The highest BCUT2D eigenvalue weighted by molar-refractivity contribution is 7.99. The fourth-order valence-electron chi connectivity index (χ4n) is 1.15. The lowest BCUT2D eigenvalue weighted by Crippen LogP contribution is -2.37. The van der Waals surface area contributed by atoms with Gasteiger partial charge >= 0.3 is 0 Å². The van der Waals surface area contributed by atoms with Crippen molar-refractivity contribution in [2.24, 2.45) is 5.92 Å². The van der Waals surface area contributed by atoms with Crippen LogP contribution in [0.2, 0.25) is 0 Å². The van der Waals surface area contributed by atoms with Crippen LogP contribution in [0.3, 0.4) is 0 Å². The Bertz CT molecular complexity index is 231. The minimum absolute atomic E-state index is 0.843. The molecule has 0 amide bonds. The molecule has 1 aromatic carbocycles. The van der Waals surface area contributed by atoms with Crippen LogP contribution in [0.4, 0.5) is 0 Å². The van der Waals surface area contributed by atoms with Gasteiger partial charge in [-0.15, -0.1) is 11.8 Å². The maximum atomic E-state index is 4.20. The Labute approximate surface area is 77.6 Å². The van der Waals surface area contributed by atoms with Crippen LogP contribution >= 0.6 is 11.8 Å². The van der Waals surface area contributed by atoms with Crippen LogP contribution < -0.4 is 5.32 Å². The molecular formula is C10H12NS. The predicted octanol–water partition coefficient (Wildman–Crippen LogP) is 2.01. The second-order valence-electron chi connectivity index (χ2n) is 3.08. The van der Waals surface area contributed by atoms with Crippen LogP contribution in [0.5, 0.6) is 0 Å². The van der Waals surface area contributed by atoms with Gasteiger partial charge in [0.1, 0.15) is 0 Å². The van der Waals surface area contributed by atoms with Gasteiger partial charge < -0.3 is 0 Å². The van der Waals surface area contributed by atoms with E-state index in [9.17, 15) is 0 Å². The number of rotatable bonds is 3. The summed E-state index contributed by atoms with van der Waals surface area (Å²) in [6, 6.07) is 10.6. The first-order valence-corrected chi connectivity index (χ1v) is 5.25. The number of thioether (sulfide) groups is 1. The van der Waals surface area contributed by atoms with E-state index in [0.29, 0.717) is 0 Å². The molecule has 0 saturated carbocycles. The third-order valence-corrected chi connectivity index (χ3v) is 3.25. The molecule has 1 fully saturated rings. The summed E-state index contributed by atoms with van der Waals surface area (Å²) < 4.78 is 0. The zero-order valence-electron chi connectivity index (χ0n) is 6.94. The Morgan fingerprint density at radius 3 is 2.58 bits per heavy atom. The van der Waals surface area contributed by atoms with E-state index in [-0.39, 0.29) is 0 Å². The summed E-state index contributed by atoms with van der Waals surface area (Å²) in [4.78, 5) is 1.38. The summed E-state index contributed by atoms with van der Waals surface area (Å²) in [7, 11) is 0. The van der Waals surface area contributed by atoms with E-state index >= 15 is 0 Å². The van der Waals surface area contributed by atoms with Crippen molar-refractivity contribution in [3.8, 4) is 0 Å². The molecule has 1 saturated heterocycles. The molecule has 2 rings (SSSR count). The molecule has 0 aromatic heterocycles. The van der Waals surface area contributed by atoms with Crippen LogP contribution in [-0.2, 0) is 0 Å². The molecule has 0 aliphatic carbocycles. The summed E-state index contributed by atoms with van der Waals surface area (Å²) in [6.45, 7) is 2.17. The highest BCUT2D eigenvalue weighted by atomic mass is 32.2. The van der Waals surface area contributed by atoms with E-state index in [0.717, 1.165) is 19.0 Å². The van der Waals surface area contributed by atoms with Gasteiger partial charge in [-0.05, 0) is 18.1 Å². The highest BCUT2D eigenvalue weighted by Gasteiger charge is 2.17. The second kappa shape index (κ2) is 3.97. The van der Waals surface area contributed by atoms with E-state index in [2.05, 4.69) is 35.6 Å². The van der Waals surface area contributed by atoms with Crippen LogP contribution in [0.1, 0.15) is 0 Å². The first kappa shape index (κ1) is 8.14. The van der Waals surface area contributed by atoms with Gasteiger partial charge in [-0.25, -0.2) is 5.32 Å². The fraction of sp³-hybridized carbons (Fsp3) is 0.400. The Balaban J connectivity index is 1.79. The number of hydrogen-bond donors (Lipinski definition) is 0. The molecule has 0 bridgehead atoms. The average Bonchev–Trinajstić information content (AvgIpc) is 2.04. The molecule has 1 nitrogen and oxygen atoms in total. The summed E-state index contributed by atoms with van der Waals surface area (Å²) in [5, 5.41) is 4.20. The van der Waals surface area contributed by atoms with E-state index in [1.54, 1.807) is 0 Å². The molecule has 1 radical (unpaired) electrons. The zero-order valence-corrected chi connectivity index (χ0v) is 7.76. The fourth-order valence-corrected chi connectivity index (χ4v) is 2.14. The number of nitrogens with zero attached hydrogens (tertiary/aromatic N) is 1. The lowest BCUT2D eigenvalue weighted by atomic mass is 10.1. The van der Waals surface area contributed by atoms with Crippen molar-refractivity contribution < 1.29 is 0 Å². The summed E-state index contributed by atoms with van der Waals surface area (Å²) in [5.41, 5.74) is 0. The molecule has 2 heteroatoms. The molecule has 0 spiro atoms. The molecule has 1 heterocycles. The van der Waals surface area contributed by atoms with E-state index in [4.69, 9.17) is 0 Å². The highest BCUT2D eigenvalue weighted by Crippen LogP contribution is 2.21. The van der Waals surface area contributed by atoms with Crippen molar-refractivity contribution in [1.29, 1.82) is 0 Å². The second-order valence-corrected chi connectivity index (χ2v) is 4.17. The van der Waals surface area contributed by atoms with Gasteiger partial charge in [0.15, 0.2) is 0 Å². The van der Waals surface area contributed by atoms with Gasteiger partial charge in [0, 0.05) is 23.7 Å². The first-order valence-electron chi connectivity index (χ1n) is 4.26. The molecule has 63 valence electrons. The van der Waals surface area contributed by atoms with Gasteiger partial charge in [0.25, 0.3) is 0 Å². The minimum atomic E-state index is 0.843. The van der Waals surface area contributed by atoms with Crippen molar-refractivity contribution in [2.75, 3.05) is 18.8 Å². The van der Waals surface area contributed by atoms with Crippen LogP contribution in [0, 0.1) is 5.92 Å². The van der Waals surface area contributed by atoms with Crippen LogP contribution in [0.15, 0.2) is 35.2 Å². The molecule has 0 atom stereocenters. The van der Waals surface area contributed by atoms with E-state index in [1.807, 2.05) is 11.8 Å². The Kier molecular flexibility index (Phi) is 2.69. The van der Waals surface area contributed by atoms with E-state index in [1.165, 1.54) is 10.6 Å². The Morgan fingerprint density at radius 1 is 1.25 bits per heavy atom. The largest absolute Gasteiger partial charge is 0.241 e. The minimum Gasteiger partial charge on any atom is -0.241 e. The first-order chi connectivity index (χ1) is 5.95. The summed E-state index contributed by atoms with van der Waals surface area (Å²) in [5.74, 6) is 2.07. The topological polar surface area (TPSA) is 14.1 Å². The molecule has 0 unspecified atom stereocenters. The van der Waals surface area contributed by atoms with Gasteiger partial charge in [-0.3, -0.25) is 0 Å². The Hall–Kier alpha value is -0.470. The number of benzene rings is 1. The Morgan fingerprint density at radius 2 is 2.00 bits per heavy atom. The van der Waals surface area contributed by atoms with Crippen molar-refractivity contribution in [3.63, 3.8) is 0 Å². The maximum Gasteiger partial charge on any atom is 0.0182 e. The van der Waals surface area contributed by atoms with Crippen molar-refractivity contribution >= 4 is 11.8 Å². The van der Waals surface area contributed by atoms with E-state index < -0.39 is 0 Å². The van der Waals surface area contributed by atoms with Gasteiger partial charge in [-0.1, -0.05) is 18.2 Å². The van der Waals surface area contributed by atoms with Gasteiger partial charge in [-0.2, -0.15) is 0 Å². The number of hydrogen-bond acceptors (Lipinski definition) is 1. The lowest BCUT2D eigenvalue weighted by Gasteiger charge is -2.24. The standard InChI is InChI=1S/C10H12NS/c1-2-4-10(5-3-1)12-8-9-6-11-7-9/h1-5,9H,6-8H2. The summed E-state index contributed by atoms with van der Waals surface area (Å²) >= 11 is 1.94. The van der Waals surface area contributed by atoms with Crippen molar-refractivity contribution in [2.45, 2.75) is 4.90 Å². The van der Waals surface area contributed by atoms with Gasteiger partial charge in [0.05, 0.1) is 0 Å². The van der Waals surface area contributed by atoms with Crippen molar-refractivity contribution in [3.05, 3.63) is 30.3 Å². The smallest absolute Gasteiger partial charge is 0.0182 e. The summed E-state index contributed by atoms with van der Waals surface area (Å²) in [6.07, 6.45) is 0. The molecule has 1 aliphatic heterocycles. The third kappa shape index (κ3) is 2.02. The zero-order chi connectivity index (χ0) is 8.23. The quantitative estimate of drug-likeness (QED) is 0.646. The normalized spacial score (nSPS) is 17.3. The molecular weight excluding hydrogens is 166 g/mol. The van der Waals surface area contributed by atoms with Crippen LogP contribution in [0.25, 0.3) is 0 Å². The molecule has 0 N–H and O–H groups in total. The molecule has 1 aromatic rings. The maximum absolute atomic E-state index is 4.20. The third-order valence-electron chi connectivity index (χ3n) is 2.00. The van der Waals surface area contributed by atoms with Crippen LogP contribution in [-0.4, -0.2) is 18.8 Å². The van der Waals surface area contributed by atoms with Gasteiger partial charge in [0.2, 0.25) is 0 Å². The molecule has 1 aliphatic rings. The molecule has 12 heavy (non-hydrogen) atoms. The lowest BCUT2D eigenvalue weighted by molar-refractivity contribution is 0.375. The van der Waals surface area contributed by atoms with Crippen molar-refractivity contribution in [1.82, 2.24) is 5.32 Å². The SMILES string of the molecule is c1ccc(SCC2C[N]C2)cc1. The predicted molar refractivity (Wildman–Crippen MR) is 52.5 cm³/mol. The monoisotopic (exact) mass is 178 g/mol. The average molecular weight is 178 g/mol.